The maximum absolute atomic E-state index is 10.5. The van der Waals surface area contributed by atoms with Crippen LogP contribution >= 0.6 is 43.2 Å². The van der Waals surface area contributed by atoms with E-state index in [2.05, 4.69) is 20.1 Å². The normalized spacial score (nSPS) is 14.2. The molecule has 0 rings (SSSR count). The van der Waals surface area contributed by atoms with Gasteiger partial charge in [0.1, 0.15) is 0 Å². The van der Waals surface area contributed by atoms with Gasteiger partial charge < -0.3 is 9.11 Å². The summed E-state index contributed by atoms with van der Waals surface area (Å²) in [7, 11) is 6.27. The number of hydrogen-bond donors (Lipinski definition) is 0. The Hall–Kier alpha value is 2.24. The number of hydrogen-bond acceptors (Lipinski definition) is 10. The Kier molecular flexibility index (Phi) is 31.7. The van der Waals surface area contributed by atoms with Gasteiger partial charge in [0.25, 0.3) is 0 Å². The molecule has 28 heavy (non-hydrogen) atoms. The quantitative estimate of drug-likeness (QED) is 0.0386. The molecule has 0 saturated heterocycles. The first-order valence-corrected chi connectivity index (χ1v) is 14.6. The van der Waals surface area contributed by atoms with Crippen molar-refractivity contribution in [2.45, 2.75) is 24.9 Å². The van der Waals surface area contributed by atoms with E-state index in [-0.39, 0.29) is 82.7 Å². The molecule has 0 aliphatic heterocycles. The Morgan fingerprint density at radius 3 is 1.43 bits per heavy atom. The predicted octanol–water partition coefficient (Wildman–Crippen LogP) is -2.35. The second-order valence-electron chi connectivity index (χ2n) is 4.52. The number of rotatable bonds is 17. The van der Waals surface area contributed by atoms with Gasteiger partial charge >= 0.3 is 59.1 Å². The summed E-state index contributed by atoms with van der Waals surface area (Å²) < 4.78 is 42.2. The zero-order valence-corrected chi connectivity index (χ0v) is 24.5. The first-order valence-electron chi connectivity index (χ1n) is 7.18. The van der Waals surface area contributed by atoms with Crippen LogP contribution in [0, 0.1) is 0 Å². The minimum atomic E-state index is -2.13. The third-order valence-corrected chi connectivity index (χ3v) is 8.93. The van der Waals surface area contributed by atoms with Gasteiger partial charge in [-0.15, -0.1) is 0 Å². The van der Waals surface area contributed by atoms with Crippen molar-refractivity contribution in [1.82, 2.24) is 0 Å². The molecule has 0 fully saturated rings. The molecule has 0 amide bonds. The molecular weight excluding hydrogens is 507 g/mol. The van der Waals surface area contributed by atoms with E-state index in [1.54, 1.807) is 21.6 Å². The number of azide groups is 2. The van der Waals surface area contributed by atoms with Crippen LogP contribution in [0.5, 0.6) is 0 Å². The van der Waals surface area contributed by atoms with Crippen molar-refractivity contribution >= 4 is 65.3 Å². The molecule has 0 heterocycles. The molecule has 0 aliphatic rings. The smallest absolute Gasteiger partial charge is 0.772 e. The molecule has 0 N–H and O–H groups in total. The van der Waals surface area contributed by atoms with Crippen LogP contribution < -0.4 is 59.1 Å². The third-order valence-electron chi connectivity index (χ3n) is 2.60. The van der Waals surface area contributed by atoms with Crippen LogP contribution in [0.2, 0.25) is 0 Å². The van der Waals surface area contributed by atoms with Gasteiger partial charge in [-0.1, -0.05) is 75.6 Å². The average molecular weight is 525 g/mol. The maximum Gasteiger partial charge on any atom is 1.00 e. The Balaban J connectivity index is -0.00000312. The standard InChI is InChI=1S/C10H20N6O4S6.2Na/c11-15-13-9(1-5-25(17)18)7-23-21-3-4-22-24-8-10(14-16-12)2-6-26(19)20;;/h9-10H,1-8H2,(H,17,18)(H,19,20);;/q;2*+1/p-2/t9-,10-;;/m1../s1. The molecule has 18 heteroatoms. The summed E-state index contributed by atoms with van der Waals surface area (Å²) in [6, 6.07) is -0.679. The van der Waals surface area contributed by atoms with Gasteiger partial charge in [-0.25, -0.2) is 0 Å². The van der Waals surface area contributed by atoms with E-state index in [4.69, 9.17) is 11.1 Å². The van der Waals surface area contributed by atoms with Crippen LogP contribution in [0.4, 0.5) is 0 Å². The van der Waals surface area contributed by atoms with Crippen LogP contribution in [-0.4, -0.2) is 64.1 Å². The van der Waals surface area contributed by atoms with Gasteiger partial charge in [0, 0.05) is 56.4 Å². The van der Waals surface area contributed by atoms with E-state index in [9.17, 15) is 17.5 Å². The summed E-state index contributed by atoms with van der Waals surface area (Å²) in [5.41, 5.74) is 16.9. The summed E-state index contributed by atoms with van der Waals surface area (Å²) in [5, 5.41) is 7.18. The Morgan fingerprint density at radius 1 is 0.786 bits per heavy atom. The van der Waals surface area contributed by atoms with Gasteiger partial charge in [-0.3, -0.25) is 8.42 Å². The van der Waals surface area contributed by atoms with Gasteiger partial charge in [0.2, 0.25) is 0 Å². The largest absolute Gasteiger partial charge is 1.00 e. The zero-order valence-electron chi connectivity index (χ0n) is 15.6. The molecular formula is C10H18N6Na2O4S6. The molecule has 2 unspecified atom stereocenters. The predicted molar refractivity (Wildman–Crippen MR) is 113 cm³/mol. The fourth-order valence-electron chi connectivity index (χ4n) is 1.40. The topological polar surface area (TPSA) is 178 Å². The maximum atomic E-state index is 10.5. The van der Waals surface area contributed by atoms with Crippen LogP contribution in [0.15, 0.2) is 10.2 Å². The second kappa shape index (κ2) is 25.5. The fourth-order valence-corrected chi connectivity index (χ4v) is 7.53. The summed E-state index contributed by atoms with van der Waals surface area (Å²) in [6.45, 7) is 0. The van der Waals surface area contributed by atoms with E-state index in [0.717, 1.165) is 11.5 Å². The molecule has 4 atom stereocenters. The summed E-state index contributed by atoms with van der Waals surface area (Å²) in [5.74, 6) is 2.75. The molecule has 150 valence electrons. The van der Waals surface area contributed by atoms with Crippen molar-refractivity contribution in [2.24, 2.45) is 10.2 Å². The van der Waals surface area contributed by atoms with E-state index >= 15 is 0 Å². The summed E-state index contributed by atoms with van der Waals surface area (Å²) in [4.78, 5) is 5.46. The molecule has 0 aromatic heterocycles. The van der Waals surface area contributed by atoms with E-state index in [1.807, 2.05) is 0 Å². The molecule has 0 saturated carbocycles. The molecule has 0 aliphatic carbocycles. The monoisotopic (exact) mass is 524 g/mol. The van der Waals surface area contributed by atoms with Gasteiger partial charge in [0.15, 0.2) is 0 Å². The van der Waals surface area contributed by atoms with Gasteiger partial charge in [-0.2, -0.15) is 0 Å². The van der Waals surface area contributed by atoms with E-state index in [0.29, 0.717) is 24.3 Å². The summed E-state index contributed by atoms with van der Waals surface area (Å²) in [6.07, 6.45) is 0.626. The molecule has 0 aromatic carbocycles. The summed E-state index contributed by atoms with van der Waals surface area (Å²) >= 11 is -4.26. The van der Waals surface area contributed by atoms with Crippen molar-refractivity contribution in [3.05, 3.63) is 20.9 Å². The van der Waals surface area contributed by atoms with Gasteiger partial charge in [0.05, 0.1) is 0 Å². The van der Waals surface area contributed by atoms with Crippen molar-refractivity contribution in [3.63, 3.8) is 0 Å². The molecule has 0 aromatic rings. The number of nitrogens with zero attached hydrogens (tertiary/aromatic N) is 6. The Morgan fingerprint density at radius 2 is 1.14 bits per heavy atom. The fraction of sp³-hybridized carbons (Fsp3) is 1.00. The van der Waals surface area contributed by atoms with E-state index in [1.165, 1.54) is 21.6 Å². The van der Waals surface area contributed by atoms with Gasteiger partial charge in [-0.05, 0) is 23.9 Å². The molecule has 0 spiro atoms. The molecule has 0 bridgehead atoms. The Labute approximate surface area is 229 Å². The minimum absolute atomic E-state index is 0. The second-order valence-corrected chi connectivity index (χ2v) is 11.8. The molecule has 10 nitrogen and oxygen atoms in total. The van der Waals surface area contributed by atoms with Crippen LogP contribution in [-0.2, 0) is 22.2 Å². The average Bonchev–Trinajstić information content (AvgIpc) is 2.59. The first-order chi connectivity index (χ1) is 12.5. The van der Waals surface area contributed by atoms with Crippen molar-refractivity contribution < 1.29 is 76.6 Å². The van der Waals surface area contributed by atoms with E-state index < -0.39 is 22.2 Å². The zero-order chi connectivity index (χ0) is 19.6. The third kappa shape index (κ3) is 24.5. The Bertz CT molecular complexity index is 495. The van der Waals surface area contributed by atoms with Crippen LogP contribution in [0.25, 0.3) is 20.9 Å². The first kappa shape index (κ1) is 34.8. The van der Waals surface area contributed by atoms with Crippen LogP contribution in [0.1, 0.15) is 12.8 Å². The SMILES string of the molecule is [N-]=[N+]=N[C@H](CCS(=O)[O-])CSSCCSSC[C@@H](CCS(=O)[O-])N=[N+]=[N-].[Na+].[Na+]. The van der Waals surface area contributed by atoms with Crippen molar-refractivity contribution in [3.8, 4) is 0 Å². The van der Waals surface area contributed by atoms with Crippen molar-refractivity contribution in [1.29, 1.82) is 0 Å². The van der Waals surface area contributed by atoms with Crippen molar-refractivity contribution in [2.75, 3.05) is 34.5 Å². The minimum Gasteiger partial charge on any atom is -0.772 e. The molecule has 0 radical (unpaired) electrons. The van der Waals surface area contributed by atoms with Crippen LogP contribution in [0.3, 0.4) is 0 Å².